The van der Waals surface area contributed by atoms with Crippen molar-refractivity contribution >= 4 is 38.3 Å². The van der Waals surface area contributed by atoms with Crippen LogP contribution < -0.4 is 0 Å². The molecule has 0 aliphatic carbocycles. The minimum absolute atomic E-state index is 0.502. The lowest BCUT2D eigenvalue weighted by molar-refractivity contribution is 1.31. The maximum Gasteiger partial charge on any atom is 0.138 e. The number of aromatic nitrogens is 2. The molecule has 2 aromatic rings. The predicted octanol–water partition coefficient (Wildman–Crippen LogP) is 3.05. The maximum absolute atomic E-state index is 5.89. The van der Waals surface area contributed by atoms with Crippen LogP contribution in [0.1, 0.15) is 0 Å². The van der Waals surface area contributed by atoms with Crippen LogP contribution in [0.3, 0.4) is 0 Å². The topological polar surface area (TPSA) is 25.8 Å². The second-order valence-corrected chi connectivity index (χ2v) is 3.53. The maximum atomic E-state index is 5.89. The smallest absolute Gasteiger partial charge is 0.138 e. The standard InChI is InChI=1S/C8H4BrClN2/c9-6-4-11-3-5-1-2-12-8(10)7(5)6/h1-4H. The molecule has 0 bridgehead atoms. The molecule has 2 nitrogen and oxygen atoms in total. The summed E-state index contributed by atoms with van der Waals surface area (Å²) in [5.74, 6) is 0. The molecular weight excluding hydrogens is 239 g/mol. The van der Waals surface area contributed by atoms with Crippen molar-refractivity contribution in [1.82, 2.24) is 9.97 Å². The zero-order valence-electron chi connectivity index (χ0n) is 5.96. The molecule has 0 spiro atoms. The van der Waals surface area contributed by atoms with Gasteiger partial charge in [0.15, 0.2) is 0 Å². The first kappa shape index (κ1) is 7.95. The van der Waals surface area contributed by atoms with Gasteiger partial charge in [0.1, 0.15) is 5.15 Å². The van der Waals surface area contributed by atoms with Crippen LogP contribution in [-0.4, -0.2) is 9.97 Å². The summed E-state index contributed by atoms with van der Waals surface area (Å²) in [4.78, 5) is 8.00. The molecule has 0 radical (unpaired) electrons. The number of fused-ring (bicyclic) bond motifs is 1. The molecule has 2 heterocycles. The molecule has 2 rings (SSSR count). The fourth-order valence-electron chi connectivity index (χ4n) is 1.04. The van der Waals surface area contributed by atoms with Crippen LogP contribution in [-0.2, 0) is 0 Å². The summed E-state index contributed by atoms with van der Waals surface area (Å²) >= 11 is 9.25. The van der Waals surface area contributed by atoms with E-state index in [2.05, 4.69) is 25.9 Å². The van der Waals surface area contributed by atoms with E-state index in [1.807, 2.05) is 6.07 Å². The van der Waals surface area contributed by atoms with Gasteiger partial charge in [0.2, 0.25) is 0 Å². The molecule has 0 atom stereocenters. The quantitative estimate of drug-likeness (QED) is 0.665. The van der Waals surface area contributed by atoms with Gasteiger partial charge in [-0.25, -0.2) is 4.98 Å². The van der Waals surface area contributed by atoms with E-state index in [-0.39, 0.29) is 0 Å². The SMILES string of the molecule is Clc1nccc2cncc(Br)c12. The lowest BCUT2D eigenvalue weighted by Crippen LogP contribution is -1.81. The molecule has 12 heavy (non-hydrogen) atoms. The van der Waals surface area contributed by atoms with Crippen LogP contribution in [0.5, 0.6) is 0 Å². The number of halogens is 2. The van der Waals surface area contributed by atoms with E-state index in [1.165, 1.54) is 0 Å². The Balaban J connectivity index is 2.96. The molecule has 2 aromatic heterocycles. The van der Waals surface area contributed by atoms with Crippen LogP contribution in [0.4, 0.5) is 0 Å². The minimum atomic E-state index is 0.502. The number of hydrogen-bond donors (Lipinski definition) is 0. The lowest BCUT2D eigenvalue weighted by atomic mass is 10.2. The molecule has 0 aromatic carbocycles. The largest absolute Gasteiger partial charge is 0.263 e. The molecule has 0 aliphatic rings. The Morgan fingerprint density at radius 3 is 2.92 bits per heavy atom. The molecule has 0 unspecified atom stereocenters. The number of pyridine rings is 2. The molecule has 4 heteroatoms. The van der Waals surface area contributed by atoms with E-state index in [0.29, 0.717) is 5.15 Å². The molecule has 0 aliphatic heterocycles. The predicted molar refractivity (Wildman–Crippen MR) is 52.2 cm³/mol. The van der Waals surface area contributed by atoms with Crippen molar-refractivity contribution in [2.24, 2.45) is 0 Å². The van der Waals surface area contributed by atoms with E-state index >= 15 is 0 Å². The van der Waals surface area contributed by atoms with E-state index in [4.69, 9.17) is 11.6 Å². The fraction of sp³-hybridized carbons (Fsp3) is 0. The summed E-state index contributed by atoms with van der Waals surface area (Å²) in [6.07, 6.45) is 5.13. The van der Waals surface area contributed by atoms with Gasteiger partial charge in [-0.1, -0.05) is 11.6 Å². The summed E-state index contributed by atoms with van der Waals surface area (Å²) in [5, 5.41) is 2.40. The van der Waals surface area contributed by atoms with Crippen LogP contribution in [0.2, 0.25) is 5.15 Å². The van der Waals surface area contributed by atoms with Gasteiger partial charge in [-0.3, -0.25) is 4.98 Å². The highest BCUT2D eigenvalue weighted by molar-refractivity contribution is 9.10. The second-order valence-electron chi connectivity index (χ2n) is 2.32. The van der Waals surface area contributed by atoms with Gasteiger partial charge >= 0.3 is 0 Å². The van der Waals surface area contributed by atoms with Crippen LogP contribution in [0.15, 0.2) is 29.1 Å². The summed E-state index contributed by atoms with van der Waals surface area (Å²) < 4.78 is 0.873. The molecule has 0 N–H and O–H groups in total. The highest BCUT2D eigenvalue weighted by Gasteiger charge is 2.02. The highest BCUT2D eigenvalue weighted by atomic mass is 79.9. The molecule has 0 fully saturated rings. The van der Waals surface area contributed by atoms with Gasteiger partial charge in [0, 0.05) is 33.8 Å². The Morgan fingerprint density at radius 1 is 1.33 bits per heavy atom. The van der Waals surface area contributed by atoms with Gasteiger partial charge < -0.3 is 0 Å². The summed E-state index contributed by atoms with van der Waals surface area (Å²) in [5.41, 5.74) is 0. The van der Waals surface area contributed by atoms with E-state index in [1.54, 1.807) is 18.6 Å². The summed E-state index contributed by atoms with van der Waals surface area (Å²) in [6.45, 7) is 0. The third-order valence-corrected chi connectivity index (χ3v) is 2.47. The van der Waals surface area contributed by atoms with Gasteiger partial charge in [0.05, 0.1) is 0 Å². The second kappa shape index (κ2) is 2.99. The van der Waals surface area contributed by atoms with Gasteiger partial charge in [-0.2, -0.15) is 0 Å². The first-order chi connectivity index (χ1) is 5.79. The van der Waals surface area contributed by atoms with Crippen molar-refractivity contribution < 1.29 is 0 Å². The third-order valence-electron chi connectivity index (χ3n) is 1.58. The Hall–Kier alpha value is -0.670. The number of rotatable bonds is 0. The molecule has 0 amide bonds. The van der Waals surface area contributed by atoms with Crippen LogP contribution in [0.25, 0.3) is 10.8 Å². The summed E-state index contributed by atoms with van der Waals surface area (Å²) in [6, 6.07) is 1.87. The monoisotopic (exact) mass is 242 g/mol. The average molecular weight is 243 g/mol. The van der Waals surface area contributed by atoms with Gasteiger partial charge in [-0.15, -0.1) is 0 Å². The minimum Gasteiger partial charge on any atom is -0.263 e. The summed E-state index contributed by atoms with van der Waals surface area (Å²) in [7, 11) is 0. The number of nitrogens with zero attached hydrogens (tertiary/aromatic N) is 2. The van der Waals surface area contributed by atoms with Gasteiger partial charge in [0.25, 0.3) is 0 Å². The number of hydrogen-bond acceptors (Lipinski definition) is 2. The third kappa shape index (κ3) is 1.19. The van der Waals surface area contributed by atoms with Crippen molar-refractivity contribution in [2.75, 3.05) is 0 Å². The highest BCUT2D eigenvalue weighted by Crippen LogP contribution is 2.27. The van der Waals surface area contributed by atoms with Gasteiger partial charge in [-0.05, 0) is 22.0 Å². The Labute approximate surface area is 82.7 Å². The van der Waals surface area contributed by atoms with Crippen molar-refractivity contribution in [3.05, 3.63) is 34.3 Å². The normalized spacial score (nSPS) is 10.5. The van der Waals surface area contributed by atoms with Crippen molar-refractivity contribution in [3.8, 4) is 0 Å². The molecular formula is C8H4BrClN2. The molecule has 0 saturated carbocycles. The van der Waals surface area contributed by atoms with Crippen LogP contribution >= 0.6 is 27.5 Å². The first-order valence-corrected chi connectivity index (χ1v) is 4.50. The fourth-order valence-corrected chi connectivity index (χ4v) is 1.96. The lowest BCUT2D eigenvalue weighted by Gasteiger charge is -1.99. The zero-order chi connectivity index (χ0) is 8.55. The van der Waals surface area contributed by atoms with E-state index in [9.17, 15) is 0 Å². The van der Waals surface area contributed by atoms with E-state index < -0.39 is 0 Å². The Kier molecular flexibility index (Phi) is 1.98. The molecule has 60 valence electrons. The van der Waals surface area contributed by atoms with Crippen LogP contribution in [0, 0.1) is 0 Å². The zero-order valence-corrected chi connectivity index (χ0v) is 8.30. The molecule has 0 saturated heterocycles. The van der Waals surface area contributed by atoms with Crippen molar-refractivity contribution in [1.29, 1.82) is 0 Å². The Morgan fingerprint density at radius 2 is 2.17 bits per heavy atom. The first-order valence-electron chi connectivity index (χ1n) is 3.33. The van der Waals surface area contributed by atoms with E-state index in [0.717, 1.165) is 15.2 Å². The Bertz CT molecular complexity index is 394. The average Bonchev–Trinajstić information content (AvgIpc) is 2.04. The van der Waals surface area contributed by atoms with Crippen molar-refractivity contribution in [3.63, 3.8) is 0 Å². The van der Waals surface area contributed by atoms with Crippen molar-refractivity contribution in [2.45, 2.75) is 0 Å².